The van der Waals surface area contributed by atoms with Crippen LogP contribution < -0.4 is 10.2 Å². The van der Waals surface area contributed by atoms with Crippen molar-refractivity contribution in [2.75, 3.05) is 23.3 Å². The third kappa shape index (κ3) is 3.14. The number of piperidine rings is 1. The van der Waals surface area contributed by atoms with Crippen LogP contribution in [0.2, 0.25) is 0 Å². The van der Waals surface area contributed by atoms with E-state index in [1.165, 1.54) is 16.0 Å². The number of fused-ring (bicyclic) bond motifs is 1. The maximum atomic E-state index is 12.4. The molecule has 1 saturated heterocycles. The molecule has 0 saturated carbocycles. The molecule has 124 valence electrons. The Balaban J connectivity index is 1.38. The summed E-state index contributed by atoms with van der Waals surface area (Å²) in [5, 5.41) is 6.66. The van der Waals surface area contributed by atoms with Crippen molar-refractivity contribution in [3.05, 3.63) is 35.3 Å². The van der Waals surface area contributed by atoms with Gasteiger partial charge in [-0.15, -0.1) is 11.3 Å². The second-order valence-electron chi connectivity index (χ2n) is 6.01. The highest BCUT2D eigenvalue weighted by Gasteiger charge is 2.26. The average Bonchev–Trinajstić information content (AvgIpc) is 3.21. The summed E-state index contributed by atoms with van der Waals surface area (Å²) in [6.45, 7) is 3.67. The first-order chi connectivity index (χ1) is 11.7. The van der Waals surface area contributed by atoms with Crippen LogP contribution >= 0.6 is 22.7 Å². The van der Waals surface area contributed by atoms with Crippen molar-refractivity contribution in [2.45, 2.75) is 19.8 Å². The molecule has 24 heavy (non-hydrogen) atoms. The molecule has 3 aromatic rings. The maximum absolute atomic E-state index is 12.4. The van der Waals surface area contributed by atoms with E-state index in [1.807, 2.05) is 30.5 Å². The van der Waals surface area contributed by atoms with Gasteiger partial charge in [0.2, 0.25) is 5.91 Å². The molecule has 0 unspecified atom stereocenters. The molecule has 1 fully saturated rings. The zero-order chi connectivity index (χ0) is 16.5. The number of nitrogens with one attached hydrogen (secondary N) is 1. The minimum atomic E-state index is 0.0554. The Kier molecular flexibility index (Phi) is 4.20. The molecule has 0 atom stereocenters. The van der Waals surface area contributed by atoms with E-state index < -0.39 is 0 Å². The summed E-state index contributed by atoms with van der Waals surface area (Å²) in [6, 6.07) is 8.21. The van der Waals surface area contributed by atoms with Crippen LogP contribution in [0.15, 0.2) is 29.6 Å². The fourth-order valence-corrected chi connectivity index (χ4v) is 4.66. The van der Waals surface area contributed by atoms with Crippen LogP contribution in [0.3, 0.4) is 0 Å². The number of hydrogen-bond acceptors (Lipinski definition) is 6. The fourth-order valence-electron chi connectivity index (χ4n) is 2.95. The lowest BCUT2D eigenvalue weighted by Crippen LogP contribution is -2.38. The summed E-state index contributed by atoms with van der Waals surface area (Å²) in [5.41, 5.74) is 2.00. The summed E-state index contributed by atoms with van der Waals surface area (Å²) in [5.74, 6) is 0.146. The predicted molar refractivity (Wildman–Crippen MR) is 100 cm³/mol. The Bertz CT molecular complexity index is 831. The van der Waals surface area contributed by atoms with Crippen LogP contribution in [0.4, 0.5) is 10.3 Å². The van der Waals surface area contributed by atoms with Crippen LogP contribution in [0.5, 0.6) is 0 Å². The number of hydrogen-bond donors (Lipinski definition) is 1. The van der Waals surface area contributed by atoms with Gasteiger partial charge in [-0.1, -0.05) is 23.5 Å². The number of aryl methyl sites for hydroxylation is 1. The zero-order valence-electron chi connectivity index (χ0n) is 13.4. The van der Waals surface area contributed by atoms with E-state index in [9.17, 15) is 4.79 Å². The van der Waals surface area contributed by atoms with Gasteiger partial charge in [-0.25, -0.2) is 9.97 Å². The molecule has 3 heterocycles. The monoisotopic (exact) mass is 358 g/mol. The maximum Gasteiger partial charge on any atom is 0.229 e. The summed E-state index contributed by atoms with van der Waals surface area (Å²) < 4.78 is 1.21. The molecular formula is C17H18N4OS2. The van der Waals surface area contributed by atoms with Gasteiger partial charge in [-0.05, 0) is 31.9 Å². The smallest absolute Gasteiger partial charge is 0.229 e. The number of benzene rings is 1. The van der Waals surface area contributed by atoms with E-state index in [0.29, 0.717) is 5.13 Å². The molecule has 4 rings (SSSR count). The zero-order valence-corrected chi connectivity index (χ0v) is 15.0. The summed E-state index contributed by atoms with van der Waals surface area (Å²) >= 11 is 3.20. The van der Waals surface area contributed by atoms with Crippen LogP contribution in [0, 0.1) is 12.8 Å². The topological polar surface area (TPSA) is 58.1 Å². The largest absolute Gasteiger partial charge is 0.348 e. The third-order valence-electron chi connectivity index (χ3n) is 4.27. The van der Waals surface area contributed by atoms with Crippen LogP contribution in [-0.4, -0.2) is 29.0 Å². The van der Waals surface area contributed by atoms with E-state index in [2.05, 4.69) is 21.3 Å². The van der Waals surface area contributed by atoms with Crippen molar-refractivity contribution in [2.24, 2.45) is 5.92 Å². The van der Waals surface area contributed by atoms with Gasteiger partial charge in [0.15, 0.2) is 10.3 Å². The third-order valence-corrected chi connectivity index (χ3v) is 6.24. The lowest BCUT2D eigenvalue weighted by molar-refractivity contribution is -0.120. The minimum Gasteiger partial charge on any atom is -0.348 e. The number of amides is 1. The number of aromatic nitrogens is 2. The molecule has 0 bridgehead atoms. The van der Waals surface area contributed by atoms with Crippen molar-refractivity contribution in [1.29, 1.82) is 0 Å². The van der Waals surface area contributed by atoms with Gasteiger partial charge in [0.05, 0.1) is 15.9 Å². The van der Waals surface area contributed by atoms with Crippen LogP contribution in [0.1, 0.15) is 18.5 Å². The Morgan fingerprint density at radius 3 is 2.75 bits per heavy atom. The quantitative estimate of drug-likeness (QED) is 0.771. The second kappa shape index (κ2) is 6.49. The van der Waals surface area contributed by atoms with E-state index in [1.54, 1.807) is 11.3 Å². The minimum absolute atomic E-state index is 0.0554. The van der Waals surface area contributed by atoms with Gasteiger partial charge >= 0.3 is 0 Å². The Morgan fingerprint density at radius 2 is 2.04 bits per heavy atom. The standard InChI is InChI=1S/C17H18N4OS2/c1-11-10-23-16(18-11)20-15(22)12-6-8-21(9-7-12)17-19-13-4-2-3-5-14(13)24-17/h2-5,10,12H,6-9H2,1H3,(H,18,20,22). The number of carbonyl (C=O) groups is 1. The number of nitrogens with zero attached hydrogens (tertiary/aromatic N) is 3. The lowest BCUT2D eigenvalue weighted by atomic mass is 9.96. The fraction of sp³-hybridized carbons (Fsp3) is 0.353. The number of carbonyl (C=O) groups excluding carboxylic acids is 1. The Morgan fingerprint density at radius 1 is 1.25 bits per heavy atom. The first-order valence-corrected chi connectivity index (χ1v) is 9.72. The van der Waals surface area contributed by atoms with E-state index >= 15 is 0 Å². The van der Waals surface area contributed by atoms with Gasteiger partial charge in [0.1, 0.15) is 0 Å². The van der Waals surface area contributed by atoms with Crippen molar-refractivity contribution in [3.63, 3.8) is 0 Å². The molecule has 7 heteroatoms. The number of para-hydroxylation sites is 1. The van der Waals surface area contributed by atoms with Gasteiger partial charge in [-0.3, -0.25) is 4.79 Å². The summed E-state index contributed by atoms with van der Waals surface area (Å²) in [7, 11) is 0. The molecule has 1 N–H and O–H groups in total. The highest BCUT2D eigenvalue weighted by atomic mass is 32.1. The van der Waals surface area contributed by atoms with E-state index in [0.717, 1.165) is 42.3 Å². The predicted octanol–water partition coefficient (Wildman–Crippen LogP) is 3.92. The van der Waals surface area contributed by atoms with Gasteiger partial charge in [-0.2, -0.15) is 0 Å². The molecule has 1 aliphatic heterocycles. The molecule has 0 radical (unpaired) electrons. The van der Waals surface area contributed by atoms with E-state index in [-0.39, 0.29) is 11.8 Å². The Hall–Kier alpha value is -1.99. The van der Waals surface area contributed by atoms with Crippen LogP contribution in [-0.2, 0) is 4.79 Å². The number of thiazole rings is 2. The average molecular weight is 358 g/mol. The van der Waals surface area contributed by atoms with Gasteiger partial charge in [0, 0.05) is 24.4 Å². The Labute approximate surface area is 148 Å². The molecule has 1 amide bonds. The summed E-state index contributed by atoms with van der Waals surface area (Å²) in [4.78, 5) is 23.7. The normalized spacial score (nSPS) is 15.8. The van der Waals surface area contributed by atoms with Crippen molar-refractivity contribution in [3.8, 4) is 0 Å². The van der Waals surface area contributed by atoms with Gasteiger partial charge < -0.3 is 10.2 Å². The second-order valence-corrected chi connectivity index (χ2v) is 7.88. The number of rotatable bonds is 3. The molecule has 5 nitrogen and oxygen atoms in total. The van der Waals surface area contributed by atoms with Gasteiger partial charge in [0.25, 0.3) is 0 Å². The molecule has 1 aliphatic rings. The first-order valence-electron chi connectivity index (χ1n) is 8.02. The molecule has 0 spiro atoms. The highest BCUT2D eigenvalue weighted by molar-refractivity contribution is 7.22. The SMILES string of the molecule is Cc1csc(NC(=O)C2CCN(c3nc4ccccc4s3)CC2)n1. The summed E-state index contributed by atoms with van der Waals surface area (Å²) in [6.07, 6.45) is 1.71. The lowest BCUT2D eigenvalue weighted by Gasteiger charge is -2.30. The molecule has 1 aromatic carbocycles. The molecule has 2 aromatic heterocycles. The molecule has 0 aliphatic carbocycles. The molecular weight excluding hydrogens is 340 g/mol. The number of anilines is 2. The van der Waals surface area contributed by atoms with Crippen molar-refractivity contribution < 1.29 is 4.79 Å². The first kappa shape index (κ1) is 15.5. The van der Waals surface area contributed by atoms with E-state index in [4.69, 9.17) is 4.98 Å². The van der Waals surface area contributed by atoms with Crippen molar-refractivity contribution >= 4 is 49.1 Å². The van der Waals surface area contributed by atoms with Crippen molar-refractivity contribution in [1.82, 2.24) is 9.97 Å². The highest BCUT2D eigenvalue weighted by Crippen LogP contribution is 2.31. The van der Waals surface area contributed by atoms with Crippen LogP contribution in [0.25, 0.3) is 10.2 Å².